The van der Waals surface area contributed by atoms with E-state index in [1.807, 2.05) is 0 Å². The highest BCUT2D eigenvalue weighted by Gasteiger charge is 2.09. The van der Waals surface area contributed by atoms with Gasteiger partial charge in [-0.2, -0.15) is 0 Å². The maximum absolute atomic E-state index is 11.0. The van der Waals surface area contributed by atoms with Gasteiger partial charge in [0.15, 0.2) is 0 Å². The zero-order valence-corrected chi connectivity index (χ0v) is 11.4. The van der Waals surface area contributed by atoms with Crippen molar-refractivity contribution in [2.75, 3.05) is 6.61 Å². The van der Waals surface area contributed by atoms with Crippen LogP contribution in [-0.4, -0.2) is 28.8 Å². The number of aliphatic carboxylic acids is 1. The molecule has 0 atom stereocenters. The van der Waals surface area contributed by atoms with Gasteiger partial charge in [-0.15, -0.1) is 0 Å². The summed E-state index contributed by atoms with van der Waals surface area (Å²) in [6, 6.07) is 6.58. The Morgan fingerprint density at radius 2 is 1.60 bits per heavy atom. The van der Waals surface area contributed by atoms with Crippen LogP contribution in [0.3, 0.4) is 0 Å². The van der Waals surface area contributed by atoms with Gasteiger partial charge in [-0.05, 0) is 25.0 Å². The summed E-state index contributed by atoms with van der Waals surface area (Å²) < 4.78 is 5.47. The number of hydrogen-bond acceptors (Lipinski definition) is 3. The van der Waals surface area contributed by atoms with Crippen molar-refractivity contribution in [3.05, 3.63) is 29.8 Å². The van der Waals surface area contributed by atoms with Gasteiger partial charge in [0.25, 0.3) is 0 Å². The number of para-hydroxylation sites is 1. The maximum Gasteiger partial charge on any atom is 0.339 e. The molecule has 0 saturated carbocycles. The molecule has 0 amide bonds. The summed E-state index contributed by atoms with van der Waals surface area (Å²) in [5.41, 5.74) is 0.175. The number of carboxylic acids is 2. The van der Waals surface area contributed by atoms with Crippen LogP contribution in [0.25, 0.3) is 0 Å². The molecule has 1 rings (SSSR count). The third kappa shape index (κ3) is 6.22. The van der Waals surface area contributed by atoms with E-state index in [9.17, 15) is 9.59 Å². The van der Waals surface area contributed by atoms with Crippen LogP contribution in [-0.2, 0) is 4.79 Å². The predicted molar refractivity (Wildman–Crippen MR) is 74.2 cm³/mol. The summed E-state index contributed by atoms with van der Waals surface area (Å²) in [4.78, 5) is 21.3. The monoisotopic (exact) mass is 280 g/mol. The normalized spacial score (nSPS) is 10.2. The first-order valence-electron chi connectivity index (χ1n) is 6.78. The van der Waals surface area contributed by atoms with Crippen LogP contribution in [0.15, 0.2) is 24.3 Å². The zero-order chi connectivity index (χ0) is 14.8. The Labute approximate surface area is 118 Å². The van der Waals surface area contributed by atoms with Gasteiger partial charge in [-0.3, -0.25) is 4.79 Å². The number of unbranched alkanes of at least 4 members (excludes halogenated alkanes) is 4. The van der Waals surface area contributed by atoms with Gasteiger partial charge in [0.2, 0.25) is 0 Å². The number of ether oxygens (including phenoxy) is 1. The topological polar surface area (TPSA) is 83.8 Å². The first kappa shape index (κ1) is 16.0. The molecule has 110 valence electrons. The Bertz CT molecular complexity index is 442. The SMILES string of the molecule is O=C(O)CCCCCCCOc1ccccc1C(=O)O. The number of rotatable bonds is 10. The number of aromatic carboxylic acids is 1. The average molecular weight is 280 g/mol. The molecule has 0 radical (unpaired) electrons. The fourth-order valence-corrected chi connectivity index (χ4v) is 1.86. The van der Waals surface area contributed by atoms with Gasteiger partial charge in [0.05, 0.1) is 6.61 Å². The van der Waals surface area contributed by atoms with E-state index in [4.69, 9.17) is 14.9 Å². The number of carbonyl (C=O) groups is 2. The van der Waals surface area contributed by atoms with Gasteiger partial charge in [0, 0.05) is 6.42 Å². The van der Waals surface area contributed by atoms with Gasteiger partial charge in [0.1, 0.15) is 11.3 Å². The average Bonchev–Trinajstić information content (AvgIpc) is 2.41. The van der Waals surface area contributed by atoms with Crippen molar-refractivity contribution in [1.29, 1.82) is 0 Å². The van der Waals surface area contributed by atoms with E-state index in [1.165, 1.54) is 6.07 Å². The molecule has 0 aliphatic carbocycles. The Morgan fingerprint density at radius 1 is 0.950 bits per heavy atom. The Morgan fingerprint density at radius 3 is 2.30 bits per heavy atom. The third-order valence-corrected chi connectivity index (χ3v) is 2.91. The molecule has 0 aliphatic rings. The lowest BCUT2D eigenvalue weighted by molar-refractivity contribution is -0.137. The van der Waals surface area contributed by atoms with E-state index in [0.29, 0.717) is 18.8 Å². The molecule has 0 unspecified atom stereocenters. The summed E-state index contributed by atoms with van der Waals surface area (Å²) in [7, 11) is 0. The van der Waals surface area contributed by atoms with E-state index in [0.717, 1.165) is 25.7 Å². The molecule has 0 bridgehead atoms. The summed E-state index contributed by atoms with van der Waals surface area (Å²) in [6.07, 6.45) is 4.59. The molecular weight excluding hydrogens is 260 g/mol. The van der Waals surface area contributed by atoms with Gasteiger partial charge < -0.3 is 14.9 Å². The van der Waals surface area contributed by atoms with E-state index in [-0.39, 0.29) is 12.0 Å². The highest BCUT2D eigenvalue weighted by molar-refractivity contribution is 5.90. The quantitative estimate of drug-likeness (QED) is 0.643. The largest absolute Gasteiger partial charge is 0.493 e. The zero-order valence-electron chi connectivity index (χ0n) is 11.4. The molecule has 0 saturated heterocycles. The van der Waals surface area contributed by atoms with Crippen molar-refractivity contribution in [2.45, 2.75) is 38.5 Å². The van der Waals surface area contributed by atoms with Crippen LogP contribution in [0, 0.1) is 0 Å². The minimum absolute atomic E-state index is 0.175. The third-order valence-electron chi connectivity index (χ3n) is 2.91. The highest BCUT2D eigenvalue weighted by atomic mass is 16.5. The summed E-state index contributed by atoms with van der Waals surface area (Å²) in [5, 5.41) is 17.5. The molecule has 1 aromatic rings. The maximum atomic E-state index is 11.0. The van der Waals surface area contributed by atoms with Gasteiger partial charge in [-0.25, -0.2) is 4.79 Å². The minimum atomic E-state index is -0.991. The van der Waals surface area contributed by atoms with E-state index in [2.05, 4.69) is 0 Å². The second-order valence-electron chi connectivity index (χ2n) is 4.56. The first-order valence-corrected chi connectivity index (χ1v) is 6.78. The Kier molecular flexibility index (Phi) is 7.17. The van der Waals surface area contributed by atoms with Crippen LogP contribution < -0.4 is 4.74 Å². The molecule has 5 nitrogen and oxygen atoms in total. The number of carboxylic acid groups (broad SMARTS) is 2. The molecule has 5 heteroatoms. The molecule has 0 aliphatic heterocycles. The molecule has 1 aromatic carbocycles. The lowest BCUT2D eigenvalue weighted by atomic mass is 10.1. The second-order valence-corrected chi connectivity index (χ2v) is 4.56. The summed E-state index contributed by atoms with van der Waals surface area (Å²) in [5.74, 6) is -1.35. The number of hydrogen-bond donors (Lipinski definition) is 2. The standard InChI is InChI=1S/C15H20O5/c16-14(17)10-4-2-1-3-7-11-20-13-9-6-5-8-12(13)15(18)19/h5-6,8-9H,1-4,7,10-11H2,(H,16,17)(H,18,19). The highest BCUT2D eigenvalue weighted by Crippen LogP contribution is 2.18. The Balaban J connectivity index is 2.15. The van der Waals surface area contributed by atoms with Crippen molar-refractivity contribution >= 4 is 11.9 Å². The van der Waals surface area contributed by atoms with Gasteiger partial charge >= 0.3 is 11.9 Å². The van der Waals surface area contributed by atoms with Crippen molar-refractivity contribution < 1.29 is 24.5 Å². The summed E-state index contributed by atoms with van der Waals surface area (Å²) in [6.45, 7) is 0.475. The molecule has 0 spiro atoms. The fourth-order valence-electron chi connectivity index (χ4n) is 1.86. The van der Waals surface area contributed by atoms with Crippen molar-refractivity contribution in [1.82, 2.24) is 0 Å². The minimum Gasteiger partial charge on any atom is -0.493 e. The molecule has 0 aromatic heterocycles. The fraction of sp³-hybridized carbons (Fsp3) is 0.467. The van der Waals surface area contributed by atoms with E-state index >= 15 is 0 Å². The molecular formula is C15H20O5. The summed E-state index contributed by atoms with van der Waals surface area (Å²) >= 11 is 0. The van der Waals surface area contributed by atoms with Crippen molar-refractivity contribution in [3.63, 3.8) is 0 Å². The molecule has 0 heterocycles. The van der Waals surface area contributed by atoms with Crippen LogP contribution in [0.4, 0.5) is 0 Å². The van der Waals surface area contributed by atoms with Crippen LogP contribution in [0.5, 0.6) is 5.75 Å². The lowest BCUT2D eigenvalue weighted by Gasteiger charge is -2.08. The van der Waals surface area contributed by atoms with Crippen LogP contribution in [0.2, 0.25) is 0 Å². The lowest BCUT2D eigenvalue weighted by Crippen LogP contribution is -2.04. The van der Waals surface area contributed by atoms with Crippen LogP contribution >= 0.6 is 0 Å². The van der Waals surface area contributed by atoms with Crippen molar-refractivity contribution in [3.8, 4) is 5.75 Å². The second kappa shape index (κ2) is 8.96. The van der Waals surface area contributed by atoms with E-state index in [1.54, 1.807) is 18.2 Å². The van der Waals surface area contributed by atoms with Crippen LogP contribution in [0.1, 0.15) is 48.9 Å². The molecule has 20 heavy (non-hydrogen) atoms. The van der Waals surface area contributed by atoms with Gasteiger partial charge in [-0.1, -0.05) is 31.4 Å². The predicted octanol–water partition coefficient (Wildman–Crippen LogP) is 3.19. The molecule has 2 N–H and O–H groups in total. The molecule has 0 fully saturated rings. The Hall–Kier alpha value is -2.04. The smallest absolute Gasteiger partial charge is 0.339 e. The van der Waals surface area contributed by atoms with Crippen molar-refractivity contribution in [2.24, 2.45) is 0 Å². The van der Waals surface area contributed by atoms with E-state index < -0.39 is 11.9 Å². The first-order chi connectivity index (χ1) is 9.61. The number of benzene rings is 1.